The van der Waals surface area contributed by atoms with E-state index in [-0.39, 0.29) is 5.91 Å². The molecule has 0 aromatic carbocycles. The van der Waals surface area contributed by atoms with Crippen LogP contribution in [-0.2, 0) is 6.42 Å². The Morgan fingerprint density at radius 3 is 3.00 bits per heavy atom. The van der Waals surface area contributed by atoms with Gasteiger partial charge in [0.25, 0.3) is 5.91 Å². The molecule has 0 saturated carbocycles. The molecule has 0 aliphatic heterocycles. The number of anilines is 1. The van der Waals surface area contributed by atoms with Crippen LogP contribution in [0.3, 0.4) is 0 Å². The standard InChI is InChI=1S/C11H11ClN4OS/c1-3-8-9(18-16-15-8)11(17)14-7-4-6(2)10(12)13-5-7/h4-5H,3H2,1-2H3,(H,14,17). The molecule has 0 spiro atoms. The molecule has 0 atom stereocenters. The minimum atomic E-state index is -0.217. The molecule has 5 nitrogen and oxygen atoms in total. The Balaban J connectivity index is 2.19. The van der Waals surface area contributed by atoms with Crippen LogP contribution >= 0.6 is 23.1 Å². The van der Waals surface area contributed by atoms with Crippen molar-refractivity contribution in [2.24, 2.45) is 0 Å². The van der Waals surface area contributed by atoms with E-state index < -0.39 is 0 Å². The van der Waals surface area contributed by atoms with Gasteiger partial charge in [-0.1, -0.05) is 23.0 Å². The summed E-state index contributed by atoms with van der Waals surface area (Å²) in [5.41, 5.74) is 2.13. The number of aryl methyl sites for hydroxylation is 2. The molecule has 0 bridgehead atoms. The van der Waals surface area contributed by atoms with Gasteiger partial charge in [-0.25, -0.2) is 4.98 Å². The van der Waals surface area contributed by atoms with Gasteiger partial charge in [-0.15, -0.1) is 5.10 Å². The van der Waals surface area contributed by atoms with Gasteiger partial charge in [0.2, 0.25) is 0 Å². The minimum absolute atomic E-state index is 0.217. The summed E-state index contributed by atoms with van der Waals surface area (Å²) < 4.78 is 3.78. The zero-order valence-electron chi connectivity index (χ0n) is 9.90. The third-order valence-corrected chi connectivity index (χ3v) is 3.53. The van der Waals surface area contributed by atoms with Crippen molar-refractivity contribution in [1.29, 1.82) is 0 Å². The maximum Gasteiger partial charge on any atom is 0.269 e. The fourth-order valence-electron chi connectivity index (χ4n) is 1.43. The van der Waals surface area contributed by atoms with Gasteiger partial charge in [0.15, 0.2) is 0 Å². The number of carbonyl (C=O) groups is 1. The van der Waals surface area contributed by atoms with Gasteiger partial charge >= 0.3 is 0 Å². The number of amides is 1. The van der Waals surface area contributed by atoms with Crippen molar-refractivity contribution < 1.29 is 4.79 Å². The van der Waals surface area contributed by atoms with E-state index in [2.05, 4.69) is 19.9 Å². The quantitative estimate of drug-likeness (QED) is 0.879. The summed E-state index contributed by atoms with van der Waals surface area (Å²) in [5, 5.41) is 7.09. The number of carbonyl (C=O) groups excluding carboxylic acids is 1. The van der Waals surface area contributed by atoms with E-state index in [1.165, 1.54) is 6.20 Å². The highest BCUT2D eigenvalue weighted by Gasteiger charge is 2.15. The van der Waals surface area contributed by atoms with Crippen LogP contribution in [0.5, 0.6) is 0 Å². The first-order valence-corrected chi connectivity index (χ1v) is 6.51. The average molecular weight is 283 g/mol. The van der Waals surface area contributed by atoms with Gasteiger partial charge in [-0.05, 0) is 36.5 Å². The monoisotopic (exact) mass is 282 g/mol. The van der Waals surface area contributed by atoms with E-state index in [0.29, 0.717) is 27.8 Å². The van der Waals surface area contributed by atoms with Crippen molar-refractivity contribution in [2.75, 3.05) is 5.32 Å². The van der Waals surface area contributed by atoms with E-state index in [9.17, 15) is 4.79 Å². The summed E-state index contributed by atoms with van der Waals surface area (Å²) in [6.45, 7) is 3.76. The number of nitrogens with one attached hydrogen (secondary N) is 1. The molecule has 1 N–H and O–H groups in total. The maximum absolute atomic E-state index is 12.0. The highest BCUT2D eigenvalue weighted by Crippen LogP contribution is 2.18. The molecule has 7 heteroatoms. The molecule has 2 aromatic heterocycles. The molecule has 2 heterocycles. The number of hydrogen-bond acceptors (Lipinski definition) is 5. The minimum Gasteiger partial charge on any atom is -0.320 e. The fourth-order valence-corrected chi connectivity index (χ4v) is 2.18. The summed E-state index contributed by atoms with van der Waals surface area (Å²) in [4.78, 5) is 16.5. The normalized spacial score (nSPS) is 10.4. The second kappa shape index (κ2) is 5.41. The number of pyridine rings is 1. The van der Waals surface area contributed by atoms with Gasteiger partial charge < -0.3 is 5.32 Å². The first-order valence-electron chi connectivity index (χ1n) is 5.36. The molecule has 94 valence electrons. The lowest BCUT2D eigenvalue weighted by molar-refractivity contribution is 0.102. The van der Waals surface area contributed by atoms with Crippen LogP contribution in [0.2, 0.25) is 5.15 Å². The lowest BCUT2D eigenvalue weighted by atomic mass is 10.2. The van der Waals surface area contributed by atoms with Gasteiger partial charge in [0.05, 0.1) is 17.6 Å². The Hall–Kier alpha value is -1.53. The van der Waals surface area contributed by atoms with Gasteiger partial charge in [-0.3, -0.25) is 4.79 Å². The first-order chi connectivity index (χ1) is 8.61. The van der Waals surface area contributed by atoms with Crippen LogP contribution in [0, 0.1) is 6.92 Å². The molecule has 2 rings (SSSR count). The molecule has 0 saturated heterocycles. The van der Waals surface area contributed by atoms with Crippen LogP contribution < -0.4 is 5.32 Å². The van der Waals surface area contributed by atoms with Crippen LogP contribution in [0.15, 0.2) is 12.3 Å². The van der Waals surface area contributed by atoms with Crippen molar-refractivity contribution in [1.82, 2.24) is 14.6 Å². The summed E-state index contributed by atoms with van der Waals surface area (Å²) in [6.07, 6.45) is 2.20. The van der Waals surface area contributed by atoms with Crippen LogP contribution in [0.25, 0.3) is 0 Å². The lowest BCUT2D eigenvalue weighted by Gasteiger charge is -2.05. The van der Waals surface area contributed by atoms with Crippen molar-refractivity contribution in [3.8, 4) is 0 Å². The Morgan fingerprint density at radius 1 is 1.56 bits per heavy atom. The Morgan fingerprint density at radius 2 is 2.33 bits per heavy atom. The smallest absolute Gasteiger partial charge is 0.269 e. The SMILES string of the molecule is CCc1nnsc1C(=O)Nc1cnc(Cl)c(C)c1. The van der Waals surface area contributed by atoms with E-state index in [1.807, 2.05) is 13.8 Å². The topological polar surface area (TPSA) is 67.8 Å². The lowest BCUT2D eigenvalue weighted by Crippen LogP contribution is -2.12. The molecule has 0 unspecified atom stereocenters. The molecule has 18 heavy (non-hydrogen) atoms. The first kappa shape index (κ1) is 12.9. The second-order valence-electron chi connectivity index (χ2n) is 3.69. The highest BCUT2D eigenvalue weighted by atomic mass is 35.5. The molecule has 0 fully saturated rings. The Bertz CT molecular complexity index is 584. The average Bonchev–Trinajstić information content (AvgIpc) is 2.82. The third-order valence-electron chi connectivity index (χ3n) is 2.37. The number of halogens is 1. The zero-order chi connectivity index (χ0) is 13.1. The van der Waals surface area contributed by atoms with Crippen molar-refractivity contribution in [3.05, 3.63) is 33.6 Å². The largest absolute Gasteiger partial charge is 0.320 e. The Labute approximate surface area is 113 Å². The molecule has 0 radical (unpaired) electrons. The maximum atomic E-state index is 12.0. The molecule has 0 aliphatic carbocycles. The number of aromatic nitrogens is 3. The van der Waals surface area contributed by atoms with Crippen LogP contribution in [0.4, 0.5) is 5.69 Å². The van der Waals surface area contributed by atoms with Crippen molar-refractivity contribution in [2.45, 2.75) is 20.3 Å². The second-order valence-corrected chi connectivity index (χ2v) is 4.80. The molecular formula is C11H11ClN4OS. The van der Waals surface area contributed by atoms with E-state index in [4.69, 9.17) is 11.6 Å². The molecule has 0 aliphatic rings. The summed E-state index contributed by atoms with van der Waals surface area (Å²) in [5.74, 6) is -0.217. The predicted octanol–water partition coefficient (Wildman–Crippen LogP) is 2.71. The van der Waals surface area contributed by atoms with Gasteiger partial charge in [-0.2, -0.15) is 0 Å². The fraction of sp³-hybridized carbons (Fsp3) is 0.273. The Kier molecular flexibility index (Phi) is 3.88. The molecular weight excluding hydrogens is 272 g/mol. The van der Waals surface area contributed by atoms with Crippen LogP contribution in [0.1, 0.15) is 27.9 Å². The number of nitrogens with zero attached hydrogens (tertiary/aromatic N) is 3. The number of hydrogen-bond donors (Lipinski definition) is 1. The van der Waals surface area contributed by atoms with Crippen LogP contribution in [-0.4, -0.2) is 20.5 Å². The molecule has 1 amide bonds. The van der Waals surface area contributed by atoms with Crippen molar-refractivity contribution >= 4 is 34.7 Å². The van der Waals surface area contributed by atoms with E-state index in [0.717, 1.165) is 17.1 Å². The van der Waals surface area contributed by atoms with E-state index >= 15 is 0 Å². The van der Waals surface area contributed by atoms with Gasteiger partial charge in [0, 0.05) is 0 Å². The molecule has 2 aromatic rings. The predicted molar refractivity (Wildman–Crippen MR) is 71.2 cm³/mol. The van der Waals surface area contributed by atoms with E-state index in [1.54, 1.807) is 6.07 Å². The highest BCUT2D eigenvalue weighted by molar-refractivity contribution is 7.08. The summed E-state index contributed by atoms with van der Waals surface area (Å²) in [6, 6.07) is 1.77. The van der Waals surface area contributed by atoms with Crippen molar-refractivity contribution in [3.63, 3.8) is 0 Å². The number of rotatable bonds is 3. The summed E-state index contributed by atoms with van der Waals surface area (Å²) >= 11 is 6.91. The third kappa shape index (κ3) is 2.65. The summed E-state index contributed by atoms with van der Waals surface area (Å²) in [7, 11) is 0. The zero-order valence-corrected chi connectivity index (χ0v) is 11.5. The van der Waals surface area contributed by atoms with Gasteiger partial charge in [0.1, 0.15) is 10.0 Å².